The summed E-state index contributed by atoms with van der Waals surface area (Å²) >= 11 is 0. The molecular weight excluding hydrogens is 346 g/mol. The molecule has 136 valence electrons. The van der Waals surface area contributed by atoms with E-state index in [1.54, 1.807) is 30.5 Å². The third-order valence-electron chi connectivity index (χ3n) is 4.07. The van der Waals surface area contributed by atoms with Crippen LogP contribution in [0.25, 0.3) is 16.7 Å². The zero-order valence-corrected chi connectivity index (χ0v) is 14.4. The number of anilines is 1. The van der Waals surface area contributed by atoms with Crippen LogP contribution >= 0.6 is 0 Å². The summed E-state index contributed by atoms with van der Waals surface area (Å²) in [4.78, 5) is 36.2. The molecule has 3 aromatic heterocycles. The van der Waals surface area contributed by atoms with E-state index in [0.29, 0.717) is 18.2 Å². The van der Waals surface area contributed by atoms with E-state index >= 15 is 0 Å². The fourth-order valence-corrected chi connectivity index (χ4v) is 2.77. The van der Waals surface area contributed by atoms with Crippen LogP contribution in [-0.2, 0) is 6.54 Å². The molecule has 0 aliphatic carbocycles. The van der Waals surface area contributed by atoms with Crippen LogP contribution in [0.15, 0.2) is 64.6 Å². The van der Waals surface area contributed by atoms with E-state index in [2.05, 4.69) is 25.4 Å². The van der Waals surface area contributed by atoms with Gasteiger partial charge in [-0.05, 0) is 24.6 Å². The van der Waals surface area contributed by atoms with Crippen molar-refractivity contribution in [3.05, 3.63) is 75.8 Å². The van der Waals surface area contributed by atoms with Crippen molar-refractivity contribution in [3.63, 3.8) is 0 Å². The van der Waals surface area contributed by atoms with Crippen LogP contribution in [0.1, 0.15) is 6.42 Å². The predicted octanol–water partition coefficient (Wildman–Crippen LogP) is 1.17. The minimum absolute atomic E-state index is 0.210. The first-order valence-corrected chi connectivity index (χ1v) is 8.51. The van der Waals surface area contributed by atoms with E-state index in [1.165, 1.54) is 6.20 Å². The molecule has 2 N–H and O–H groups in total. The van der Waals surface area contributed by atoms with Gasteiger partial charge in [-0.3, -0.25) is 14.5 Å². The Kier molecular flexibility index (Phi) is 4.48. The number of aromatic amines is 1. The molecule has 0 aliphatic rings. The van der Waals surface area contributed by atoms with Crippen molar-refractivity contribution >= 4 is 17.0 Å². The van der Waals surface area contributed by atoms with E-state index in [1.807, 2.05) is 23.0 Å². The van der Waals surface area contributed by atoms with Crippen molar-refractivity contribution < 1.29 is 0 Å². The lowest BCUT2D eigenvalue weighted by Crippen LogP contribution is -2.34. The number of hydrogen-bond acceptors (Lipinski definition) is 6. The number of para-hydroxylation sites is 1. The maximum Gasteiger partial charge on any atom is 0.334 e. The summed E-state index contributed by atoms with van der Waals surface area (Å²) < 4.78 is 2.91. The lowest BCUT2D eigenvalue weighted by molar-refractivity contribution is 0.591. The standard InChI is InChI=1S/C18H17N7O2/c26-16-14-12-20-17(19-8-4-10-24-11-5-9-21-24)22-15(14)23-18(27)25(16)13-6-2-1-3-7-13/h1-3,5-7,9,11-12H,4,8,10H2,(H2,19,20,22,23,27). The van der Waals surface area contributed by atoms with Gasteiger partial charge >= 0.3 is 5.69 Å². The van der Waals surface area contributed by atoms with Crippen molar-refractivity contribution in [3.8, 4) is 5.69 Å². The summed E-state index contributed by atoms with van der Waals surface area (Å²) in [5, 5.41) is 7.48. The average molecular weight is 363 g/mol. The van der Waals surface area contributed by atoms with E-state index in [-0.39, 0.29) is 11.0 Å². The van der Waals surface area contributed by atoms with Gasteiger partial charge in [0.05, 0.1) is 5.69 Å². The molecule has 4 rings (SSSR count). The van der Waals surface area contributed by atoms with E-state index < -0.39 is 11.2 Å². The summed E-state index contributed by atoms with van der Waals surface area (Å²) in [7, 11) is 0. The molecule has 0 bridgehead atoms. The molecule has 4 aromatic rings. The largest absolute Gasteiger partial charge is 0.354 e. The van der Waals surface area contributed by atoms with Gasteiger partial charge in [-0.2, -0.15) is 10.1 Å². The highest BCUT2D eigenvalue weighted by atomic mass is 16.2. The Labute approximate surface area is 153 Å². The zero-order valence-electron chi connectivity index (χ0n) is 14.4. The number of H-pyrrole nitrogens is 1. The molecule has 0 unspecified atom stereocenters. The van der Waals surface area contributed by atoms with Crippen LogP contribution in [0.3, 0.4) is 0 Å². The van der Waals surface area contributed by atoms with Gasteiger partial charge < -0.3 is 5.32 Å². The molecule has 0 fully saturated rings. The minimum Gasteiger partial charge on any atom is -0.354 e. The van der Waals surface area contributed by atoms with E-state index in [0.717, 1.165) is 17.5 Å². The average Bonchev–Trinajstić information content (AvgIpc) is 3.19. The number of fused-ring (bicyclic) bond motifs is 1. The summed E-state index contributed by atoms with van der Waals surface area (Å²) in [6.45, 7) is 1.41. The van der Waals surface area contributed by atoms with Gasteiger partial charge in [-0.25, -0.2) is 14.3 Å². The Bertz CT molecular complexity index is 1160. The molecule has 0 aliphatic heterocycles. The highest BCUT2D eigenvalue weighted by molar-refractivity contribution is 5.73. The molecule has 9 nitrogen and oxygen atoms in total. The first-order chi connectivity index (χ1) is 13.2. The van der Waals surface area contributed by atoms with Gasteiger partial charge in [0.15, 0.2) is 5.65 Å². The Hall–Kier alpha value is -3.75. The number of benzene rings is 1. The van der Waals surface area contributed by atoms with Crippen molar-refractivity contribution in [2.24, 2.45) is 0 Å². The first-order valence-electron chi connectivity index (χ1n) is 8.51. The maximum atomic E-state index is 12.7. The monoisotopic (exact) mass is 363 g/mol. The number of aromatic nitrogens is 6. The second-order valence-corrected chi connectivity index (χ2v) is 5.91. The highest BCUT2D eigenvalue weighted by Crippen LogP contribution is 2.07. The predicted molar refractivity (Wildman–Crippen MR) is 101 cm³/mol. The second kappa shape index (κ2) is 7.24. The lowest BCUT2D eigenvalue weighted by Gasteiger charge is -2.08. The summed E-state index contributed by atoms with van der Waals surface area (Å²) in [6, 6.07) is 10.6. The molecule has 0 amide bonds. The molecule has 0 radical (unpaired) electrons. The molecule has 27 heavy (non-hydrogen) atoms. The SMILES string of the molecule is O=c1[nH]c2nc(NCCCn3cccn3)ncc2c(=O)n1-c1ccccc1. The number of rotatable bonds is 6. The Morgan fingerprint density at radius 3 is 2.74 bits per heavy atom. The quantitative estimate of drug-likeness (QED) is 0.498. The fourth-order valence-electron chi connectivity index (χ4n) is 2.77. The Morgan fingerprint density at radius 1 is 1.11 bits per heavy atom. The number of aryl methyl sites for hydroxylation is 1. The van der Waals surface area contributed by atoms with Gasteiger partial charge in [0.1, 0.15) is 5.39 Å². The topological polar surface area (TPSA) is 110 Å². The van der Waals surface area contributed by atoms with E-state index in [4.69, 9.17) is 0 Å². The lowest BCUT2D eigenvalue weighted by atomic mass is 10.3. The van der Waals surface area contributed by atoms with Crippen LogP contribution in [0, 0.1) is 0 Å². The van der Waals surface area contributed by atoms with Crippen molar-refractivity contribution in [1.29, 1.82) is 0 Å². The van der Waals surface area contributed by atoms with Crippen LogP contribution in [-0.4, -0.2) is 35.8 Å². The van der Waals surface area contributed by atoms with Crippen molar-refractivity contribution in [1.82, 2.24) is 29.3 Å². The molecule has 1 aromatic carbocycles. The first kappa shape index (κ1) is 16.7. The summed E-state index contributed by atoms with van der Waals surface area (Å²) in [5.41, 5.74) is -0.291. The van der Waals surface area contributed by atoms with Crippen LogP contribution in [0.5, 0.6) is 0 Å². The molecule has 3 heterocycles. The van der Waals surface area contributed by atoms with Crippen LogP contribution in [0.4, 0.5) is 5.95 Å². The molecule has 0 atom stereocenters. The molecule has 0 saturated heterocycles. The summed E-state index contributed by atoms with van der Waals surface area (Å²) in [6.07, 6.45) is 5.89. The van der Waals surface area contributed by atoms with Gasteiger partial charge in [0, 0.05) is 31.7 Å². The van der Waals surface area contributed by atoms with Gasteiger partial charge in [-0.15, -0.1) is 0 Å². The molecule has 0 spiro atoms. The Morgan fingerprint density at radius 2 is 1.96 bits per heavy atom. The second-order valence-electron chi connectivity index (χ2n) is 5.91. The van der Waals surface area contributed by atoms with Crippen LogP contribution in [0.2, 0.25) is 0 Å². The number of nitrogens with one attached hydrogen (secondary N) is 2. The molecular formula is C18H17N7O2. The Balaban J connectivity index is 1.56. The smallest absolute Gasteiger partial charge is 0.334 e. The fraction of sp³-hybridized carbons (Fsp3) is 0.167. The van der Waals surface area contributed by atoms with Gasteiger partial charge in [0.2, 0.25) is 5.95 Å². The number of hydrogen-bond donors (Lipinski definition) is 2. The highest BCUT2D eigenvalue weighted by Gasteiger charge is 2.11. The van der Waals surface area contributed by atoms with Crippen LogP contribution < -0.4 is 16.6 Å². The molecule has 0 saturated carbocycles. The van der Waals surface area contributed by atoms with Crippen molar-refractivity contribution in [2.75, 3.05) is 11.9 Å². The third-order valence-corrected chi connectivity index (χ3v) is 4.07. The number of nitrogens with zero attached hydrogens (tertiary/aromatic N) is 5. The third kappa shape index (κ3) is 3.47. The van der Waals surface area contributed by atoms with Gasteiger partial charge in [0.25, 0.3) is 5.56 Å². The van der Waals surface area contributed by atoms with Gasteiger partial charge in [-0.1, -0.05) is 18.2 Å². The van der Waals surface area contributed by atoms with E-state index in [9.17, 15) is 9.59 Å². The minimum atomic E-state index is -0.540. The van der Waals surface area contributed by atoms with Crippen molar-refractivity contribution in [2.45, 2.75) is 13.0 Å². The summed E-state index contributed by atoms with van der Waals surface area (Å²) in [5.74, 6) is 0.357. The zero-order chi connectivity index (χ0) is 18.6. The molecule has 9 heteroatoms. The maximum absolute atomic E-state index is 12.7. The normalized spacial score (nSPS) is 11.0.